The highest BCUT2D eigenvalue weighted by atomic mass is 16.5. The van der Waals surface area contributed by atoms with Crippen LogP contribution in [0.2, 0.25) is 0 Å². The fraction of sp³-hybridized carbons (Fsp3) is 0.583. The minimum atomic E-state index is -0.0438. The van der Waals surface area contributed by atoms with E-state index in [0.29, 0.717) is 23.5 Å². The summed E-state index contributed by atoms with van der Waals surface area (Å²) in [7, 11) is 0. The summed E-state index contributed by atoms with van der Waals surface area (Å²) in [5.41, 5.74) is -0.0438. The Bertz CT molecular complexity index is 510. The molecule has 6 heteroatoms. The average Bonchev–Trinajstić information content (AvgIpc) is 3.11. The van der Waals surface area contributed by atoms with Gasteiger partial charge in [-0.1, -0.05) is 19.0 Å². The number of aromatic nitrogens is 4. The maximum Gasteiger partial charge on any atom is 0.238 e. The topological polar surface area (TPSA) is 79.6 Å². The SMILES string of the molecule is CC(C)C1(c2nc(-c3ncc[nH]3)no2)CCNC1. The van der Waals surface area contributed by atoms with E-state index in [1.165, 1.54) is 0 Å². The maximum absolute atomic E-state index is 5.48. The fourth-order valence-electron chi connectivity index (χ4n) is 2.54. The zero-order valence-corrected chi connectivity index (χ0v) is 10.6. The summed E-state index contributed by atoms with van der Waals surface area (Å²) in [6, 6.07) is 0. The summed E-state index contributed by atoms with van der Waals surface area (Å²) in [5.74, 6) is 2.35. The predicted molar refractivity (Wildman–Crippen MR) is 65.9 cm³/mol. The van der Waals surface area contributed by atoms with Gasteiger partial charge >= 0.3 is 0 Å². The molecule has 1 unspecified atom stereocenters. The molecule has 3 rings (SSSR count). The number of imidazole rings is 1. The molecule has 6 nitrogen and oxygen atoms in total. The lowest BCUT2D eigenvalue weighted by Crippen LogP contribution is -2.35. The summed E-state index contributed by atoms with van der Waals surface area (Å²) in [6.07, 6.45) is 4.46. The van der Waals surface area contributed by atoms with Gasteiger partial charge in [-0.05, 0) is 18.9 Å². The van der Waals surface area contributed by atoms with Crippen LogP contribution in [0, 0.1) is 5.92 Å². The molecule has 1 aliphatic rings. The second-order valence-corrected chi connectivity index (χ2v) is 5.10. The van der Waals surface area contributed by atoms with Crippen molar-refractivity contribution in [1.82, 2.24) is 25.4 Å². The Morgan fingerprint density at radius 1 is 1.44 bits per heavy atom. The highest BCUT2D eigenvalue weighted by Crippen LogP contribution is 2.37. The third-order valence-electron chi connectivity index (χ3n) is 3.86. The Morgan fingerprint density at radius 3 is 2.94 bits per heavy atom. The van der Waals surface area contributed by atoms with Crippen molar-refractivity contribution in [3.63, 3.8) is 0 Å². The third-order valence-corrected chi connectivity index (χ3v) is 3.86. The minimum absolute atomic E-state index is 0.0438. The second kappa shape index (κ2) is 4.20. The number of H-pyrrole nitrogens is 1. The first kappa shape index (κ1) is 11.4. The Kier molecular flexibility index (Phi) is 2.66. The van der Waals surface area contributed by atoms with E-state index >= 15 is 0 Å². The second-order valence-electron chi connectivity index (χ2n) is 5.10. The van der Waals surface area contributed by atoms with Crippen molar-refractivity contribution in [1.29, 1.82) is 0 Å². The van der Waals surface area contributed by atoms with Crippen LogP contribution in [0.3, 0.4) is 0 Å². The Balaban J connectivity index is 1.97. The molecule has 18 heavy (non-hydrogen) atoms. The van der Waals surface area contributed by atoms with Gasteiger partial charge in [-0.25, -0.2) is 4.98 Å². The molecule has 0 saturated carbocycles. The van der Waals surface area contributed by atoms with Crippen molar-refractivity contribution < 1.29 is 4.52 Å². The molecule has 3 heterocycles. The largest absolute Gasteiger partial charge is 0.342 e. The smallest absolute Gasteiger partial charge is 0.238 e. The van der Waals surface area contributed by atoms with Crippen molar-refractivity contribution in [2.24, 2.45) is 5.92 Å². The first-order chi connectivity index (χ1) is 8.72. The number of nitrogens with one attached hydrogen (secondary N) is 2. The minimum Gasteiger partial charge on any atom is -0.342 e. The molecular formula is C12H17N5O. The van der Waals surface area contributed by atoms with Gasteiger partial charge in [0.15, 0.2) is 5.82 Å². The van der Waals surface area contributed by atoms with E-state index in [4.69, 9.17) is 4.52 Å². The van der Waals surface area contributed by atoms with Crippen LogP contribution >= 0.6 is 0 Å². The lowest BCUT2D eigenvalue weighted by molar-refractivity contribution is 0.234. The van der Waals surface area contributed by atoms with Crippen LogP contribution in [0.1, 0.15) is 26.2 Å². The van der Waals surface area contributed by atoms with Gasteiger partial charge in [0.1, 0.15) is 0 Å². The molecule has 0 amide bonds. The number of hydrogen-bond donors (Lipinski definition) is 2. The molecule has 1 fully saturated rings. The molecule has 96 valence electrons. The monoisotopic (exact) mass is 247 g/mol. The van der Waals surface area contributed by atoms with Gasteiger partial charge in [0, 0.05) is 18.9 Å². The van der Waals surface area contributed by atoms with Gasteiger partial charge in [-0.15, -0.1) is 0 Å². The molecule has 0 spiro atoms. The van der Waals surface area contributed by atoms with Crippen molar-refractivity contribution in [2.75, 3.05) is 13.1 Å². The normalized spacial score (nSPS) is 23.9. The van der Waals surface area contributed by atoms with Crippen molar-refractivity contribution in [2.45, 2.75) is 25.7 Å². The number of hydrogen-bond acceptors (Lipinski definition) is 5. The molecule has 0 aliphatic carbocycles. The predicted octanol–water partition coefficient (Wildman–Crippen LogP) is 1.35. The molecule has 0 aromatic carbocycles. The van der Waals surface area contributed by atoms with E-state index in [-0.39, 0.29) is 5.41 Å². The zero-order chi connectivity index (χ0) is 12.6. The number of aromatic amines is 1. The van der Waals surface area contributed by atoms with Crippen molar-refractivity contribution >= 4 is 0 Å². The van der Waals surface area contributed by atoms with Gasteiger partial charge < -0.3 is 14.8 Å². The van der Waals surface area contributed by atoms with Crippen LogP contribution in [0.15, 0.2) is 16.9 Å². The highest BCUT2D eigenvalue weighted by molar-refractivity contribution is 5.41. The molecule has 1 saturated heterocycles. The molecule has 2 N–H and O–H groups in total. The van der Waals surface area contributed by atoms with Crippen LogP contribution in [0.25, 0.3) is 11.6 Å². The van der Waals surface area contributed by atoms with Crippen LogP contribution in [0.4, 0.5) is 0 Å². The van der Waals surface area contributed by atoms with Gasteiger partial charge in [-0.2, -0.15) is 4.98 Å². The maximum atomic E-state index is 5.48. The van der Waals surface area contributed by atoms with Gasteiger partial charge in [0.25, 0.3) is 0 Å². The summed E-state index contributed by atoms with van der Waals surface area (Å²) < 4.78 is 5.48. The lowest BCUT2D eigenvalue weighted by Gasteiger charge is -2.27. The van der Waals surface area contributed by atoms with E-state index in [9.17, 15) is 0 Å². The van der Waals surface area contributed by atoms with Crippen LogP contribution in [-0.2, 0) is 5.41 Å². The average molecular weight is 247 g/mol. The van der Waals surface area contributed by atoms with Gasteiger partial charge in [-0.3, -0.25) is 0 Å². The summed E-state index contributed by atoms with van der Waals surface area (Å²) >= 11 is 0. The van der Waals surface area contributed by atoms with Crippen molar-refractivity contribution in [3.8, 4) is 11.6 Å². The van der Waals surface area contributed by atoms with Gasteiger partial charge in [0.05, 0.1) is 5.41 Å². The number of nitrogens with zero attached hydrogens (tertiary/aromatic N) is 3. The van der Waals surface area contributed by atoms with Crippen LogP contribution in [0.5, 0.6) is 0 Å². The molecule has 2 aromatic heterocycles. The van der Waals surface area contributed by atoms with Crippen molar-refractivity contribution in [3.05, 3.63) is 18.3 Å². The fourth-order valence-corrected chi connectivity index (χ4v) is 2.54. The Labute approximate surface area is 105 Å². The zero-order valence-electron chi connectivity index (χ0n) is 10.6. The molecule has 2 aromatic rings. The Hall–Kier alpha value is -1.69. The van der Waals surface area contributed by atoms with E-state index in [0.717, 1.165) is 19.5 Å². The quantitative estimate of drug-likeness (QED) is 0.855. The molecular weight excluding hydrogens is 230 g/mol. The Morgan fingerprint density at radius 2 is 2.33 bits per heavy atom. The highest BCUT2D eigenvalue weighted by Gasteiger charge is 2.43. The van der Waals surface area contributed by atoms with E-state index in [2.05, 4.69) is 39.3 Å². The standard InChI is InChI=1S/C12H17N5O/c1-8(2)12(3-4-13-7-12)11-16-10(17-18-11)9-14-5-6-15-9/h5-6,8,13H,3-4,7H2,1-2H3,(H,14,15). The molecule has 0 bridgehead atoms. The third kappa shape index (κ3) is 1.64. The first-order valence-electron chi connectivity index (χ1n) is 6.27. The van der Waals surface area contributed by atoms with Gasteiger partial charge in [0.2, 0.25) is 11.7 Å². The molecule has 0 radical (unpaired) electrons. The van der Waals surface area contributed by atoms with E-state index in [1.807, 2.05) is 0 Å². The number of rotatable bonds is 3. The van der Waals surface area contributed by atoms with Crippen LogP contribution in [-0.4, -0.2) is 33.2 Å². The summed E-state index contributed by atoms with van der Waals surface area (Å²) in [6.45, 7) is 6.29. The summed E-state index contributed by atoms with van der Waals surface area (Å²) in [4.78, 5) is 11.6. The first-order valence-corrected chi connectivity index (χ1v) is 6.27. The van der Waals surface area contributed by atoms with Crippen LogP contribution < -0.4 is 5.32 Å². The molecule has 1 atom stereocenters. The molecule has 1 aliphatic heterocycles. The summed E-state index contributed by atoms with van der Waals surface area (Å²) in [5, 5.41) is 7.41. The van der Waals surface area contributed by atoms with E-state index in [1.54, 1.807) is 12.4 Å². The van der Waals surface area contributed by atoms with E-state index < -0.39 is 0 Å². The lowest BCUT2D eigenvalue weighted by atomic mass is 9.76.